The Bertz CT molecular complexity index is 477. The predicted octanol–water partition coefficient (Wildman–Crippen LogP) is 1.57. The lowest BCUT2D eigenvalue weighted by molar-refractivity contribution is -0.122. The molecule has 5 nitrogen and oxygen atoms in total. The maximum absolute atomic E-state index is 11.9. The second-order valence-electron chi connectivity index (χ2n) is 4.22. The van der Waals surface area contributed by atoms with Crippen LogP contribution in [-0.4, -0.2) is 24.4 Å². The number of hydrogen-bond acceptors (Lipinski definition) is 3. The predicted molar refractivity (Wildman–Crippen MR) is 76.1 cm³/mol. The first-order valence-corrected chi connectivity index (χ1v) is 6.47. The Labute approximate surface area is 117 Å². The molecular formula is C13H18ClN3O2. The maximum Gasteiger partial charge on any atom is 0.251 e. The molecule has 0 heterocycles. The third-order valence-corrected chi connectivity index (χ3v) is 2.88. The number of anilines is 1. The molecule has 0 aliphatic heterocycles. The third kappa shape index (κ3) is 4.44. The number of halogens is 1. The van der Waals surface area contributed by atoms with Gasteiger partial charge in [-0.15, -0.1) is 0 Å². The van der Waals surface area contributed by atoms with Crippen molar-refractivity contribution in [2.45, 2.75) is 26.3 Å². The summed E-state index contributed by atoms with van der Waals surface area (Å²) in [5, 5.41) is 5.63. The number of amides is 2. The summed E-state index contributed by atoms with van der Waals surface area (Å²) in [5.41, 5.74) is 6.34. The molecule has 0 aliphatic carbocycles. The van der Waals surface area contributed by atoms with Crippen molar-refractivity contribution in [3.8, 4) is 0 Å². The molecule has 0 radical (unpaired) electrons. The minimum atomic E-state index is -0.602. The van der Waals surface area contributed by atoms with E-state index in [2.05, 4.69) is 10.6 Å². The van der Waals surface area contributed by atoms with Gasteiger partial charge in [-0.1, -0.05) is 18.5 Å². The van der Waals surface area contributed by atoms with Crippen LogP contribution in [0.15, 0.2) is 18.2 Å². The smallest absolute Gasteiger partial charge is 0.251 e. The molecule has 1 atom stereocenters. The van der Waals surface area contributed by atoms with E-state index in [-0.39, 0.29) is 11.8 Å². The maximum atomic E-state index is 11.9. The summed E-state index contributed by atoms with van der Waals surface area (Å²) in [4.78, 5) is 23.5. The summed E-state index contributed by atoms with van der Waals surface area (Å²) in [7, 11) is 0. The summed E-state index contributed by atoms with van der Waals surface area (Å²) in [6.45, 7) is 4.18. The molecule has 0 bridgehead atoms. The second kappa shape index (κ2) is 6.99. The van der Waals surface area contributed by atoms with Gasteiger partial charge in [0.1, 0.15) is 6.04 Å². The summed E-state index contributed by atoms with van der Waals surface area (Å²) in [6.07, 6.45) is 0.847. The molecule has 0 aromatic heterocycles. The van der Waals surface area contributed by atoms with Crippen LogP contribution in [0.5, 0.6) is 0 Å². The molecule has 6 heteroatoms. The van der Waals surface area contributed by atoms with E-state index in [0.717, 1.165) is 6.42 Å². The number of benzene rings is 1. The lowest BCUT2D eigenvalue weighted by Gasteiger charge is -2.14. The molecule has 0 spiro atoms. The Morgan fingerprint density at radius 3 is 2.68 bits per heavy atom. The van der Waals surface area contributed by atoms with Crippen LogP contribution >= 0.6 is 11.6 Å². The molecule has 1 unspecified atom stereocenters. The fourth-order valence-corrected chi connectivity index (χ4v) is 1.60. The average Bonchev–Trinajstić information content (AvgIpc) is 2.38. The van der Waals surface area contributed by atoms with Crippen LogP contribution in [0.1, 0.15) is 30.6 Å². The number of carbonyl (C=O) groups excluding carboxylic acids is 2. The van der Waals surface area contributed by atoms with E-state index in [9.17, 15) is 9.59 Å². The van der Waals surface area contributed by atoms with Crippen molar-refractivity contribution in [1.82, 2.24) is 10.6 Å². The van der Waals surface area contributed by atoms with Gasteiger partial charge in [0, 0.05) is 12.1 Å². The first kappa shape index (κ1) is 15.3. The molecule has 1 aromatic rings. The van der Waals surface area contributed by atoms with Gasteiger partial charge in [0.2, 0.25) is 5.91 Å². The molecule has 1 aromatic carbocycles. The zero-order valence-electron chi connectivity index (χ0n) is 11.0. The van der Waals surface area contributed by atoms with Gasteiger partial charge < -0.3 is 16.4 Å². The summed E-state index contributed by atoms with van der Waals surface area (Å²) in [5.74, 6) is -0.571. The van der Waals surface area contributed by atoms with Crippen LogP contribution < -0.4 is 16.4 Å². The van der Waals surface area contributed by atoms with Crippen molar-refractivity contribution in [2.24, 2.45) is 0 Å². The van der Waals surface area contributed by atoms with Crippen molar-refractivity contribution in [3.05, 3.63) is 28.8 Å². The third-order valence-electron chi connectivity index (χ3n) is 2.55. The molecule has 0 saturated heterocycles. The van der Waals surface area contributed by atoms with Crippen LogP contribution in [0, 0.1) is 0 Å². The fraction of sp³-hybridized carbons (Fsp3) is 0.385. The summed E-state index contributed by atoms with van der Waals surface area (Å²) < 4.78 is 0. The Balaban J connectivity index is 2.63. The van der Waals surface area contributed by atoms with Gasteiger partial charge in [-0.2, -0.15) is 0 Å². The summed E-state index contributed by atoms with van der Waals surface area (Å²) >= 11 is 5.84. The van der Waals surface area contributed by atoms with Crippen molar-refractivity contribution >= 4 is 29.1 Å². The van der Waals surface area contributed by atoms with Crippen molar-refractivity contribution < 1.29 is 9.59 Å². The first-order chi connectivity index (χ1) is 8.95. The van der Waals surface area contributed by atoms with E-state index in [0.29, 0.717) is 22.8 Å². The Hall–Kier alpha value is -1.75. The monoisotopic (exact) mass is 283 g/mol. The Kier molecular flexibility index (Phi) is 5.63. The van der Waals surface area contributed by atoms with E-state index < -0.39 is 6.04 Å². The van der Waals surface area contributed by atoms with Crippen LogP contribution in [0.25, 0.3) is 0 Å². The van der Waals surface area contributed by atoms with Crippen molar-refractivity contribution in [2.75, 3.05) is 12.3 Å². The van der Waals surface area contributed by atoms with Gasteiger partial charge in [0.25, 0.3) is 5.91 Å². The zero-order chi connectivity index (χ0) is 14.4. The van der Waals surface area contributed by atoms with Crippen molar-refractivity contribution in [1.29, 1.82) is 0 Å². The molecule has 104 valence electrons. The van der Waals surface area contributed by atoms with E-state index >= 15 is 0 Å². The largest absolute Gasteiger partial charge is 0.398 e. The van der Waals surface area contributed by atoms with Crippen molar-refractivity contribution in [3.63, 3.8) is 0 Å². The highest BCUT2D eigenvalue weighted by Crippen LogP contribution is 2.19. The SMILES string of the molecule is CCCNC(=O)C(C)NC(=O)c1ccc(N)c(Cl)c1. The number of carbonyl (C=O) groups is 2. The van der Waals surface area contributed by atoms with E-state index in [1.54, 1.807) is 19.1 Å². The standard InChI is InChI=1S/C13H18ClN3O2/c1-3-6-16-12(18)8(2)17-13(19)9-4-5-11(15)10(14)7-9/h4-5,7-8H,3,6,15H2,1-2H3,(H,16,18)(H,17,19). The van der Waals surface area contributed by atoms with Crippen LogP contribution in [0.2, 0.25) is 5.02 Å². The lowest BCUT2D eigenvalue weighted by atomic mass is 10.2. The quantitative estimate of drug-likeness (QED) is 0.717. The highest BCUT2D eigenvalue weighted by atomic mass is 35.5. The van der Waals surface area contributed by atoms with Gasteiger partial charge >= 0.3 is 0 Å². The molecule has 19 heavy (non-hydrogen) atoms. The molecule has 0 saturated carbocycles. The van der Waals surface area contributed by atoms with Gasteiger partial charge in [-0.25, -0.2) is 0 Å². The molecule has 0 fully saturated rings. The van der Waals surface area contributed by atoms with E-state index in [1.165, 1.54) is 6.07 Å². The zero-order valence-corrected chi connectivity index (χ0v) is 11.8. The fourth-order valence-electron chi connectivity index (χ4n) is 1.42. The number of nitrogens with one attached hydrogen (secondary N) is 2. The minimum absolute atomic E-state index is 0.211. The van der Waals surface area contributed by atoms with E-state index in [4.69, 9.17) is 17.3 Å². The van der Waals surface area contributed by atoms with E-state index in [1.807, 2.05) is 6.92 Å². The van der Waals surface area contributed by atoms with Gasteiger partial charge in [0.15, 0.2) is 0 Å². The van der Waals surface area contributed by atoms with Crippen LogP contribution in [0.4, 0.5) is 5.69 Å². The molecule has 0 aliphatic rings. The second-order valence-corrected chi connectivity index (χ2v) is 4.63. The highest BCUT2D eigenvalue weighted by Gasteiger charge is 2.16. The Morgan fingerprint density at radius 2 is 2.11 bits per heavy atom. The topological polar surface area (TPSA) is 84.2 Å². The van der Waals surface area contributed by atoms with Gasteiger partial charge in [-0.05, 0) is 31.5 Å². The molecule has 1 rings (SSSR count). The number of nitrogens with two attached hydrogens (primary N) is 1. The van der Waals surface area contributed by atoms with Crippen LogP contribution in [0.3, 0.4) is 0 Å². The molecule has 2 amide bonds. The average molecular weight is 284 g/mol. The Morgan fingerprint density at radius 1 is 1.42 bits per heavy atom. The number of rotatable bonds is 5. The van der Waals surface area contributed by atoms with Gasteiger partial charge in [0.05, 0.1) is 10.7 Å². The molecule has 4 N–H and O–H groups in total. The normalized spacial score (nSPS) is 11.7. The minimum Gasteiger partial charge on any atom is -0.398 e. The first-order valence-electron chi connectivity index (χ1n) is 6.09. The number of hydrogen-bond donors (Lipinski definition) is 3. The van der Waals surface area contributed by atoms with Gasteiger partial charge in [-0.3, -0.25) is 9.59 Å². The lowest BCUT2D eigenvalue weighted by Crippen LogP contribution is -2.45. The summed E-state index contributed by atoms with van der Waals surface area (Å²) in [6, 6.07) is 3.99. The number of nitrogen functional groups attached to an aromatic ring is 1. The van der Waals surface area contributed by atoms with Crippen LogP contribution in [-0.2, 0) is 4.79 Å². The highest BCUT2D eigenvalue weighted by molar-refractivity contribution is 6.33. The molecular weight excluding hydrogens is 266 g/mol.